The zero-order chi connectivity index (χ0) is 18.9. The standard InChI is InChI=1S/C20H31N5O/c1-6-21-20(22-13-12-18-24-19(14(2)3)25-26-18)23-16(5)15(4)17-10-8-7-9-11-17/h7-11,14-16H,6,12-13H2,1-5H3,(H2,21,22,23). The van der Waals surface area contributed by atoms with Crippen molar-refractivity contribution in [3.8, 4) is 0 Å². The third-order valence-electron chi connectivity index (χ3n) is 4.38. The van der Waals surface area contributed by atoms with Crippen molar-refractivity contribution in [2.24, 2.45) is 4.99 Å². The fourth-order valence-electron chi connectivity index (χ4n) is 2.57. The van der Waals surface area contributed by atoms with Crippen LogP contribution in [0, 0.1) is 0 Å². The van der Waals surface area contributed by atoms with E-state index in [-0.39, 0.29) is 12.0 Å². The highest BCUT2D eigenvalue weighted by Crippen LogP contribution is 2.18. The molecular weight excluding hydrogens is 326 g/mol. The highest BCUT2D eigenvalue weighted by atomic mass is 16.5. The second-order valence-corrected chi connectivity index (χ2v) is 6.84. The summed E-state index contributed by atoms with van der Waals surface area (Å²) in [6.07, 6.45) is 0.638. The molecule has 0 fully saturated rings. The van der Waals surface area contributed by atoms with Crippen LogP contribution >= 0.6 is 0 Å². The van der Waals surface area contributed by atoms with Crippen molar-refractivity contribution in [3.05, 3.63) is 47.6 Å². The Hall–Kier alpha value is -2.37. The summed E-state index contributed by atoms with van der Waals surface area (Å²) in [5.74, 6) is 2.85. The van der Waals surface area contributed by atoms with Crippen LogP contribution in [-0.4, -0.2) is 35.2 Å². The molecule has 2 N–H and O–H groups in total. The van der Waals surface area contributed by atoms with Crippen LogP contribution < -0.4 is 10.6 Å². The van der Waals surface area contributed by atoms with Gasteiger partial charge in [0, 0.05) is 30.8 Å². The smallest absolute Gasteiger partial charge is 0.228 e. The molecule has 0 aliphatic heterocycles. The average molecular weight is 358 g/mol. The quantitative estimate of drug-likeness (QED) is 0.559. The molecule has 2 unspecified atom stereocenters. The Labute approximate surface area is 156 Å². The molecule has 0 amide bonds. The van der Waals surface area contributed by atoms with E-state index < -0.39 is 0 Å². The molecule has 2 aromatic rings. The zero-order valence-electron chi connectivity index (χ0n) is 16.5. The predicted molar refractivity (Wildman–Crippen MR) is 106 cm³/mol. The highest BCUT2D eigenvalue weighted by molar-refractivity contribution is 5.80. The lowest BCUT2D eigenvalue weighted by atomic mass is 9.94. The Kier molecular flexibility index (Phi) is 7.63. The van der Waals surface area contributed by atoms with Crippen molar-refractivity contribution < 1.29 is 4.52 Å². The second kappa shape index (κ2) is 9.94. The Morgan fingerprint density at radius 1 is 1.15 bits per heavy atom. The van der Waals surface area contributed by atoms with Gasteiger partial charge in [0.1, 0.15) is 0 Å². The Morgan fingerprint density at radius 2 is 1.88 bits per heavy atom. The van der Waals surface area contributed by atoms with E-state index in [1.54, 1.807) is 0 Å². The summed E-state index contributed by atoms with van der Waals surface area (Å²) in [6.45, 7) is 12.0. The van der Waals surface area contributed by atoms with E-state index in [0.29, 0.717) is 24.8 Å². The lowest BCUT2D eigenvalue weighted by Crippen LogP contribution is -2.44. The number of nitrogens with one attached hydrogen (secondary N) is 2. The number of benzene rings is 1. The molecule has 2 rings (SSSR count). The summed E-state index contributed by atoms with van der Waals surface area (Å²) >= 11 is 0. The molecule has 1 aromatic heterocycles. The number of rotatable bonds is 8. The minimum Gasteiger partial charge on any atom is -0.357 e. The van der Waals surface area contributed by atoms with E-state index in [1.807, 2.05) is 6.07 Å². The first kappa shape index (κ1) is 19.9. The number of hydrogen-bond acceptors (Lipinski definition) is 4. The first-order valence-corrected chi connectivity index (χ1v) is 9.43. The van der Waals surface area contributed by atoms with Crippen LogP contribution in [0.1, 0.15) is 63.7 Å². The van der Waals surface area contributed by atoms with Gasteiger partial charge in [-0.3, -0.25) is 4.99 Å². The van der Waals surface area contributed by atoms with Crippen molar-refractivity contribution in [2.45, 2.75) is 58.9 Å². The lowest BCUT2D eigenvalue weighted by Gasteiger charge is -2.24. The predicted octanol–water partition coefficient (Wildman–Crippen LogP) is 3.48. The molecular formula is C20H31N5O. The summed E-state index contributed by atoms with van der Waals surface area (Å²) in [6, 6.07) is 10.8. The minimum atomic E-state index is 0.256. The number of aromatic nitrogens is 2. The van der Waals surface area contributed by atoms with Crippen LogP contribution in [-0.2, 0) is 6.42 Å². The van der Waals surface area contributed by atoms with Gasteiger partial charge in [0.05, 0.1) is 6.54 Å². The van der Waals surface area contributed by atoms with Gasteiger partial charge in [0.15, 0.2) is 11.8 Å². The summed E-state index contributed by atoms with van der Waals surface area (Å²) in [5, 5.41) is 10.8. The molecule has 1 aromatic carbocycles. The SMILES string of the molecule is CCNC(=NCCc1nc(C(C)C)no1)NC(C)C(C)c1ccccc1. The van der Waals surface area contributed by atoms with E-state index in [9.17, 15) is 0 Å². The Balaban J connectivity index is 1.92. The largest absolute Gasteiger partial charge is 0.357 e. The van der Waals surface area contributed by atoms with Gasteiger partial charge in [0.25, 0.3) is 0 Å². The molecule has 6 heteroatoms. The van der Waals surface area contributed by atoms with Gasteiger partial charge in [-0.25, -0.2) is 0 Å². The van der Waals surface area contributed by atoms with Gasteiger partial charge < -0.3 is 15.2 Å². The molecule has 142 valence electrons. The Bertz CT molecular complexity index is 681. The molecule has 0 radical (unpaired) electrons. The average Bonchev–Trinajstić information content (AvgIpc) is 3.11. The van der Waals surface area contributed by atoms with Gasteiger partial charge in [-0.1, -0.05) is 56.3 Å². The molecule has 0 spiro atoms. The molecule has 26 heavy (non-hydrogen) atoms. The number of hydrogen-bond donors (Lipinski definition) is 2. The number of nitrogens with zero attached hydrogens (tertiary/aromatic N) is 3. The highest BCUT2D eigenvalue weighted by Gasteiger charge is 2.15. The normalized spacial score (nSPS) is 14.3. The third kappa shape index (κ3) is 5.86. The first-order chi connectivity index (χ1) is 12.5. The summed E-state index contributed by atoms with van der Waals surface area (Å²) < 4.78 is 5.27. The van der Waals surface area contributed by atoms with Crippen LogP contribution in [0.4, 0.5) is 0 Å². The number of aliphatic imine (C=N–C) groups is 1. The molecule has 0 aliphatic carbocycles. The maximum Gasteiger partial charge on any atom is 0.228 e. The molecule has 2 atom stereocenters. The van der Waals surface area contributed by atoms with E-state index in [2.05, 4.69) is 84.7 Å². The van der Waals surface area contributed by atoms with Crippen molar-refractivity contribution in [3.63, 3.8) is 0 Å². The van der Waals surface area contributed by atoms with Crippen molar-refractivity contribution in [1.82, 2.24) is 20.8 Å². The molecule has 0 aliphatic rings. The molecule has 1 heterocycles. The summed E-state index contributed by atoms with van der Waals surface area (Å²) in [7, 11) is 0. The lowest BCUT2D eigenvalue weighted by molar-refractivity contribution is 0.372. The van der Waals surface area contributed by atoms with Crippen LogP contribution in [0.15, 0.2) is 39.8 Å². The van der Waals surface area contributed by atoms with Crippen molar-refractivity contribution in [2.75, 3.05) is 13.1 Å². The monoisotopic (exact) mass is 357 g/mol. The van der Waals surface area contributed by atoms with E-state index >= 15 is 0 Å². The van der Waals surface area contributed by atoms with E-state index in [1.165, 1.54) is 5.56 Å². The maximum absolute atomic E-state index is 5.27. The molecule has 6 nitrogen and oxygen atoms in total. The maximum atomic E-state index is 5.27. The molecule has 0 saturated carbocycles. The summed E-state index contributed by atoms with van der Waals surface area (Å²) in [5.41, 5.74) is 1.32. The van der Waals surface area contributed by atoms with E-state index in [4.69, 9.17) is 4.52 Å². The number of guanidine groups is 1. The van der Waals surface area contributed by atoms with Crippen LogP contribution in [0.25, 0.3) is 0 Å². The molecule has 0 saturated heterocycles. The van der Waals surface area contributed by atoms with Crippen molar-refractivity contribution in [1.29, 1.82) is 0 Å². The Morgan fingerprint density at radius 3 is 2.50 bits per heavy atom. The van der Waals surface area contributed by atoms with Gasteiger partial charge >= 0.3 is 0 Å². The van der Waals surface area contributed by atoms with Gasteiger partial charge in [-0.05, 0) is 19.4 Å². The zero-order valence-corrected chi connectivity index (χ0v) is 16.5. The minimum absolute atomic E-state index is 0.256. The van der Waals surface area contributed by atoms with E-state index in [0.717, 1.165) is 18.3 Å². The van der Waals surface area contributed by atoms with Gasteiger partial charge in [0.2, 0.25) is 5.89 Å². The third-order valence-corrected chi connectivity index (χ3v) is 4.38. The second-order valence-electron chi connectivity index (χ2n) is 6.84. The fourth-order valence-corrected chi connectivity index (χ4v) is 2.57. The topological polar surface area (TPSA) is 75.3 Å². The van der Waals surface area contributed by atoms with Crippen LogP contribution in [0.5, 0.6) is 0 Å². The molecule has 0 bridgehead atoms. The van der Waals surface area contributed by atoms with Gasteiger partial charge in [-0.2, -0.15) is 4.98 Å². The summed E-state index contributed by atoms with van der Waals surface area (Å²) in [4.78, 5) is 9.04. The van der Waals surface area contributed by atoms with Crippen molar-refractivity contribution >= 4 is 5.96 Å². The van der Waals surface area contributed by atoms with Gasteiger partial charge in [-0.15, -0.1) is 0 Å². The van der Waals surface area contributed by atoms with Crippen LogP contribution in [0.3, 0.4) is 0 Å². The first-order valence-electron chi connectivity index (χ1n) is 9.43. The fraction of sp³-hybridized carbons (Fsp3) is 0.550. The van der Waals surface area contributed by atoms with Crippen LogP contribution in [0.2, 0.25) is 0 Å².